The van der Waals surface area contributed by atoms with E-state index in [4.69, 9.17) is 23.7 Å². The number of hydrogen-bond donors (Lipinski definition) is 3. The normalized spacial score (nSPS) is 22.1. The van der Waals surface area contributed by atoms with Crippen molar-refractivity contribution in [2.75, 3.05) is 20.3 Å². The molecule has 24 heteroatoms. The van der Waals surface area contributed by atoms with E-state index in [1.807, 2.05) is 0 Å². The van der Waals surface area contributed by atoms with Crippen LogP contribution in [-0.4, -0.2) is 71.8 Å². The van der Waals surface area contributed by atoms with Crippen LogP contribution in [0.4, 0.5) is 62.3 Å². The second kappa shape index (κ2) is 23.9. The third-order valence-corrected chi connectivity index (χ3v) is 13.2. The molecule has 0 radical (unpaired) electrons. The number of nitrogens with one attached hydrogen (secondary N) is 2. The molecule has 0 aliphatic heterocycles. The molecule has 0 bridgehead atoms. The van der Waals surface area contributed by atoms with Gasteiger partial charge in [-0.15, -0.1) is 0 Å². The number of alkyl halides is 12. The minimum Gasteiger partial charge on any atom is -0.480 e. The number of amides is 2. The second-order valence-corrected chi connectivity index (χ2v) is 21.8. The van der Waals surface area contributed by atoms with Crippen molar-refractivity contribution in [3.05, 3.63) is 142 Å². The molecule has 2 saturated carbocycles. The third kappa shape index (κ3) is 16.3. The van der Waals surface area contributed by atoms with Crippen LogP contribution in [0.2, 0.25) is 0 Å². The first kappa shape index (κ1) is 66.0. The van der Waals surface area contributed by atoms with Crippen molar-refractivity contribution in [3.8, 4) is 0 Å². The summed E-state index contributed by atoms with van der Waals surface area (Å²) in [6.45, 7) is 12.0. The Morgan fingerprint density at radius 1 is 0.512 bits per heavy atom. The van der Waals surface area contributed by atoms with E-state index in [0.717, 1.165) is 7.11 Å². The molecule has 2 amide bonds. The maximum absolute atomic E-state index is 13.4. The Balaban J connectivity index is 0.000000340. The molecule has 3 N–H and O–H groups in total. The molecule has 0 saturated heterocycles. The van der Waals surface area contributed by atoms with Gasteiger partial charge >= 0.3 is 48.8 Å². The van der Waals surface area contributed by atoms with Gasteiger partial charge in [0.2, 0.25) is 0 Å². The Kier molecular flexibility index (Phi) is 19.7. The quantitative estimate of drug-likeness (QED) is 0.0630. The number of hydrogen-bond acceptors (Lipinski definition) is 9. The fraction of sp³-hybridized carbons (Fsp3) is 0.500. The van der Waals surface area contributed by atoms with Crippen molar-refractivity contribution < 1.29 is 101 Å². The fourth-order valence-corrected chi connectivity index (χ4v) is 9.53. The van der Waals surface area contributed by atoms with Crippen LogP contribution in [0.15, 0.2) is 97.1 Å². The van der Waals surface area contributed by atoms with Crippen LogP contribution >= 0.6 is 0 Å². The number of aliphatic carboxylic acids is 1. The number of carboxylic acids is 1. The summed E-state index contributed by atoms with van der Waals surface area (Å²) in [7, 11) is 1.16. The van der Waals surface area contributed by atoms with Crippen LogP contribution in [0, 0.1) is 0 Å². The zero-order valence-electron chi connectivity index (χ0n) is 44.3. The van der Waals surface area contributed by atoms with E-state index in [9.17, 15) is 77.0 Å². The number of rotatable bonds is 14. The SMILES string of the molecule is C.COC(=O)C1(NC(=O)OC(C)(C)C)CC(CO[C@H](C)c2cc(C(F)(F)F)cc(C(F)(F)F)c2)(c2ccccc2)C1.C[C@@H](OCC1(c2ccccc2)CC(NC(=O)OC(C)(C)C)(C(=O)O)C1)c1cc(C(F)(F)F)cc(C(F)(F)F)c1. The first-order valence-electron chi connectivity index (χ1n) is 24.3. The van der Waals surface area contributed by atoms with E-state index in [1.54, 1.807) is 102 Å². The van der Waals surface area contributed by atoms with Gasteiger partial charge in [-0.1, -0.05) is 68.1 Å². The molecule has 2 aliphatic carbocycles. The lowest BCUT2D eigenvalue weighted by Gasteiger charge is -2.54. The lowest BCUT2D eigenvalue weighted by molar-refractivity contribution is -0.159. The van der Waals surface area contributed by atoms with Gasteiger partial charge in [-0.2, -0.15) is 52.7 Å². The number of carbonyl (C=O) groups is 4. The molecule has 0 heterocycles. The topological polar surface area (TPSA) is 159 Å². The predicted molar refractivity (Wildman–Crippen MR) is 267 cm³/mol. The van der Waals surface area contributed by atoms with E-state index in [-0.39, 0.29) is 69.6 Å². The van der Waals surface area contributed by atoms with Crippen LogP contribution < -0.4 is 10.6 Å². The maximum atomic E-state index is 13.4. The molecule has 4 aromatic rings. The van der Waals surface area contributed by atoms with E-state index in [0.29, 0.717) is 35.4 Å². The van der Waals surface area contributed by atoms with Gasteiger partial charge in [0.15, 0.2) is 0 Å². The van der Waals surface area contributed by atoms with Gasteiger partial charge in [-0.3, -0.25) is 0 Å². The molecule has 0 aromatic heterocycles. The molecule has 80 heavy (non-hydrogen) atoms. The van der Waals surface area contributed by atoms with Gasteiger partial charge in [0.25, 0.3) is 0 Å². The van der Waals surface area contributed by atoms with Crippen LogP contribution in [0.1, 0.15) is 145 Å². The lowest BCUT2D eigenvalue weighted by atomic mass is 9.54. The third-order valence-electron chi connectivity index (χ3n) is 13.2. The average Bonchev–Trinajstić information content (AvgIpc) is 3.30. The van der Waals surface area contributed by atoms with Crippen molar-refractivity contribution in [2.24, 2.45) is 0 Å². The molecule has 12 nitrogen and oxygen atoms in total. The number of carboxylic acid groups (broad SMARTS) is 1. The Morgan fingerprint density at radius 3 is 1.06 bits per heavy atom. The number of ether oxygens (including phenoxy) is 5. The molecule has 2 fully saturated rings. The van der Waals surface area contributed by atoms with Crippen molar-refractivity contribution >= 4 is 24.1 Å². The van der Waals surface area contributed by atoms with E-state index in [2.05, 4.69) is 10.6 Å². The van der Waals surface area contributed by atoms with Gasteiger partial charge < -0.3 is 39.4 Å². The summed E-state index contributed by atoms with van der Waals surface area (Å²) < 4.78 is 187. The Bertz CT molecular complexity index is 2730. The second-order valence-electron chi connectivity index (χ2n) is 21.8. The fourth-order valence-electron chi connectivity index (χ4n) is 9.53. The smallest absolute Gasteiger partial charge is 0.416 e. The summed E-state index contributed by atoms with van der Waals surface area (Å²) in [5, 5.41) is 15.0. The molecule has 0 spiro atoms. The minimum absolute atomic E-state index is 0. The number of methoxy groups -OCH3 is 1. The zero-order chi connectivity index (χ0) is 59.6. The molecule has 6 rings (SSSR count). The monoisotopic (exact) mass is 1150 g/mol. The summed E-state index contributed by atoms with van der Waals surface area (Å²) in [5.41, 5.74) is -12.0. The van der Waals surface area contributed by atoms with E-state index in [1.165, 1.54) is 13.8 Å². The summed E-state index contributed by atoms with van der Waals surface area (Å²) in [5.74, 6) is -2.05. The van der Waals surface area contributed by atoms with Crippen LogP contribution in [0.3, 0.4) is 0 Å². The molecule has 2 atom stereocenters. The van der Waals surface area contributed by atoms with Gasteiger partial charge in [-0.25, -0.2) is 19.2 Å². The van der Waals surface area contributed by atoms with Crippen molar-refractivity contribution in [2.45, 2.75) is 159 Å². The Labute approximate surface area is 454 Å². The number of halogens is 12. The number of esters is 1. The Hall–Kier alpha value is -6.56. The molecule has 442 valence electrons. The Morgan fingerprint density at radius 2 is 0.800 bits per heavy atom. The molecule has 0 unspecified atom stereocenters. The summed E-state index contributed by atoms with van der Waals surface area (Å²) >= 11 is 0. The first-order valence-corrected chi connectivity index (χ1v) is 24.3. The number of alkyl carbamates (subject to hydrolysis) is 2. The van der Waals surface area contributed by atoms with Crippen molar-refractivity contribution in [1.82, 2.24) is 10.6 Å². The van der Waals surface area contributed by atoms with Gasteiger partial charge in [0.05, 0.1) is 54.8 Å². The summed E-state index contributed by atoms with van der Waals surface area (Å²) in [6.07, 6.45) is -24.5. The van der Waals surface area contributed by atoms with Crippen LogP contribution in [0.5, 0.6) is 0 Å². The minimum atomic E-state index is -5.01. The number of carbonyl (C=O) groups excluding carboxylic acids is 3. The van der Waals surface area contributed by atoms with Gasteiger partial charge in [0, 0.05) is 10.8 Å². The van der Waals surface area contributed by atoms with E-state index >= 15 is 0 Å². The molecule has 2 aliphatic rings. The highest BCUT2D eigenvalue weighted by atomic mass is 19.4. The molecule has 4 aromatic carbocycles. The van der Waals surface area contributed by atoms with E-state index < -0.39 is 116 Å². The maximum Gasteiger partial charge on any atom is 0.416 e. The largest absolute Gasteiger partial charge is 0.480 e. The highest BCUT2D eigenvalue weighted by Crippen LogP contribution is 2.53. The highest BCUT2D eigenvalue weighted by molar-refractivity contribution is 5.88. The van der Waals surface area contributed by atoms with Crippen LogP contribution in [-0.2, 0) is 68.8 Å². The zero-order valence-corrected chi connectivity index (χ0v) is 44.3. The summed E-state index contributed by atoms with van der Waals surface area (Å²) in [4.78, 5) is 50.0. The van der Waals surface area contributed by atoms with Crippen molar-refractivity contribution in [1.29, 1.82) is 0 Å². The lowest BCUT2D eigenvalue weighted by Crippen LogP contribution is -2.69. The molecular formula is C56H64F12N2O10. The van der Waals surface area contributed by atoms with Crippen molar-refractivity contribution in [3.63, 3.8) is 0 Å². The standard InChI is InChI=1S/C28H31F6NO5.C27H29F6NO5.CH4/c1-17(18-11-20(27(29,30)31)13-21(12-18)28(32,33)34)39-16-25(19-9-7-6-8-10-19)14-26(15-25,22(36)38-5)35-23(37)40-24(2,3)4;1-16(17-10-19(26(28,29)30)12-20(11-17)27(31,32)33)38-15-24(18-8-6-5-7-9-18)13-25(14-24,21(35)36)34-22(37)39-23(2,3)4;/h6-13,17H,14-16H2,1-5H3,(H,35,37);5-12,16H,13-15H2,1-4H3,(H,34,37)(H,35,36);1H4/t17-,25?,26?;16-,24?,25?;/m11./s1. The van der Waals surface area contributed by atoms with Gasteiger partial charge in [-0.05, 0) is 140 Å². The van der Waals surface area contributed by atoms with Crippen LogP contribution in [0.25, 0.3) is 0 Å². The highest BCUT2D eigenvalue weighted by Gasteiger charge is 2.63. The average molecular weight is 1150 g/mol. The summed E-state index contributed by atoms with van der Waals surface area (Å²) in [6, 6.07) is 19.8. The van der Waals surface area contributed by atoms with Gasteiger partial charge in [0.1, 0.15) is 22.3 Å². The number of benzene rings is 4. The first-order chi connectivity index (χ1) is 36.1. The molecular weight excluding hydrogens is 1090 g/mol. The predicted octanol–water partition coefficient (Wildman–Crippen LogP) is 14.5.